The zero-order valence-electron chi connectivity index (χ0n) is 8.35. The molecule has 1 rings (SSSR count). The van der Waals surface area contributed by atoms with E-state index in [-0.39, 0.29) is 12.6 Å². The molecule has 0 spiro atoms. The molecule has 14 heavy (non-hydrogen) atoms. The number of aliphatic hydroxyl groups excluding tert-OH is 2. The van der Waals surface area contributed by atoms with Gasteiger partial charge in [0.25, 0.3) is 0 Å². The lowest BCUT2D eigenvalue weighted by molar-refractivity contribution is 0.0924. The fraction of sp³-hybridized carbons (Fsp3) is 0.455. The fourth-order valence-electron chi connectivity index (χ4n) is 1.24. The van der Waals surface area contributed by atoms with Gasteiger partial charge in [0.15, 0.2) is 0 Å². The highest BCUT2D eigenvalue weighted by molar-refractivity contribution is 5.17. The predicted molar refractivity (Wildman–Crippen MR) is 56.0 cm³/mol. The van der Waals surface area contributed by atoms with Crippen LogP contribution in [0, 0.1) is 0 Å². The second-order valence-corrected chi connectivity index (χ2v) is 3.38. The molecule has 0 heterocycles. The van der Waals surface area contributed by atoms with Crippen molar-refractivity contribution in [2.45, 2.75) is 19.1 Å². The van der Waals surface area contributed by atoms with E-state index in [1.165, 1.54) is 5.56 Å². The van der Waals surface area contributed by atoms with E-state index >= 15 is 0 Å². The highest BCUT2D eigenvalue weighted by Crippen LogP contribution is 2.10. The monoisotopic (exact) mass is 195 g/mol. The molecular weight excluding hydrogens is 178 g/mol. The molecule has 78 valence electrons. The van der Waals surface area contributed by atoms with Gasteiger partial charge < -0.3 is 15.5 Å². The smallest absolute Gasteiger partial charge is 0.0895 e. The number of benzene rings is 1. The van der Waals surface area contributed by atoms with Crippen molar-refractivity contribution in [1.82, 2.24) is 5.32 Å². The Morgan fingerprint density at radius 1 is 1.29 bits per heavy atom. The minimum absolute atomic E-state index is 0.192. The van der Waals surface area contributed by atoms with E-state index in [2.05, 4.69) is 5.32 Å². The van der Waals surface area contributed by atoms with E-state index in [1.54, 1.807) is 0 Å². The topological polar surface area (TPSA) is 52.5 Å². The quantitative estimate of drug-likeness (QED) is 0.648. The van der Waals surface area contributed by atoms with E-state index < -0.39 is 6.10 Å². The molecule has 3 N–H and O–H groups in total. The summed E-state index contributed by atoms with van der Waals surface area (Å²) in [6, 6.07) is 10.2. The standard InChI is InChI=1S/C11H17NO2/c1-9(12-7-11(14)8-13)10-5-3-2-4-6-10/h2-6,9,11-14H,7-8H2,1H3/t9-,11?/m1/s1. The molecule has 0 aliphatic carbocycles. The van der Waals surface area contributed by atoms with Gasteiger partial charge in [-0.3, -0.25) is 0 Å². The lowest BCUT2D eigenvalue weighted by Crippen LogP contribution is -2.31. The summed E-state index contributed by atoms with van der Waals surface area (Å²) in [5.74, 6) is 0. The van der Waals surface area contributed by atoms with E-state index in [0.29, 0.717) is 6.54 Å². The first kappa shape index (κ1) is 11.2. The Hall–Kier alpha value is -0.900. The molecule has 0 aliphatic heterocycles. The van der Waals surface area contributed by atoms with Crippen LogP contribution in [-0.2, 0) is 0 Å². The maximum absolute atomic E-state index is 9.14. The molecule has 0 aliphatic rings. The average molecular weight is 195 g/mol. The number of hydrogen-bond acceptors (Lipinski definition) is 3. The Morgan fingerprint density at radius 2 is 1.93 bits per heavy atom. The van der Waals surface area contributed by atoms with Crippen molar-refractivity contribution < 1.29 is 10.2 Å². The molecule has 3 nitrogen and oxygen atoms in total. The second kappa shape index (κ2) is 5.75. The molecule has 1 unspecified atom stereocenters. The fourth-order valence-corrected chi connectivity index (χ4v) is 1.24. The van der Waals surface area contributed by atoms with Gasteiger partial charge in [0.1, 0.15) is 0 Å². The van der Waals surface area contributed by atoms with E-state index in [1.807, 2.05) is 37.3 Å². The van der Waals surface area contributed by atoms with Crippen LogP contribution in [0.3, 0.4) is 0 Å². The van der Waals surface area contributed by atoms with E-state index in [0.717, 1.165) is 0 Å². The van der Waals surface area contributed by atoms with Gasteiger partial charge in [0, 0.05) is 12.6 Å². The molecule has 0 saturated heterocycles. The van der Waals surface area contributed by atoms with Gasteiger partial charge in [-0.1, -0.05) is 30.3 Å². The van der Waals surface area contributed by atoms with Crippen LogP contribution < -0.4 is 5.32 Å². The van der Waals surface area contributed by atoms with Crippen molar-refractivity contribution in [2.24, 2.45) is 0 Å². The van der Waals surface area contributed by atoms with Gasteiger partial charge in [0.2, 0.25) is 0 Å². The summed E-state index contributed by atoms with van der Waals surface area (Å²) in [6.07, 6.45) is -0.679. The van der Waals surface area contributed by atoms with Crippen LogP contribution in [0.2, 0.25) is 0 Å². The summed E-state index contributed by atoms with van der Waals surface area (Å²) in [7, 11) is 0. The molecule has 0 aromatic heterocycles. The number of hydrogen-bond donors (Lipinski definition) is 3. The summed E-state index contributed by atoms with van der Waals surface area (Å²) >= 11 is 0. The van der Waals surface area contributed by atoms with Gasteiger partial charge in [-0.2, -0.15) is 0 Å². The summed E-state index contributed by atoms with van der Waals surface area (Å²) in [5, 5.41) is 20.9. The van der Waals surface area contributed by atoms with Crippen LogP contribution in [0.4, 0.5) is 0 Å². The van der Waals surface area contributed by atoms with Gasteiger partial charge in [-0.15, -0.1) is 0 Å². The van der Waals surface area contributed by atoms with Crippen LogP contribution in [-0.4, -0.2) is 29.5 Å². The van der Waals surface area contributed by atoms with Gasteiger partial charge in [-0.05, 0) is 12.5 Å². The summed E-state index contributed by atoms with van der Waals surface area (Å²) in [5.41, 5.74) is 1.18. The van der Waals surface area contributed by atoms with E-state index in [9.17, 15) is 0 Å². The Balaban J connectivity index is 2.39. The highest BCUT2D eigenvalue weighted by atomic mass is 16.3. The number of nitrogens with one attached hydrogen (secondary N) is 1. The van der Waals surface area contributed by atoms with Crippen LogP contribution >= 0.6 is 0 Å². The summed E-state index contributed by atoms with van der Waals surface area (Å²) in [6.45, 7) is 2.24. The minimum Gasteiger partial charge on any atom is -0.394 e. The third-order valence-corrected chi connectivity index (χ3v) is 2.17. The van der Waals surface area contributed by atoms with E-state index in [4.69, 9.17) is 10.2 Å². The Bertz CT molecular complexity index is 251. The molecule has 1 aromatic carbocycles. The van der Waals surface area contributed by atoms with Gasteiger partial charge in [-0.25, -0.2) is 0 Å². The van der Waals surface area contributed by atoms with Crippen molar-refractivity contribution in [3.8, 4) is 0 Å². The van der Waals surface area contributed by atoms with Gasteiger partial charge >= 0.3 is 0 Å². The van der Waals surface area contributed by atoms with Crippen LogP contribution in [0.25, 0.3) is 0 Å². The van der Waals surface area contributed by atoms with Crippen molar-refractivity contribution in [2.75, 3.05) is 13.2 Å². The van der Waals surface area contributed by atoms with Crippen molar-refractivity contribution in [3.05, 3.63) is 35.9 Å². The lowest BCUT2D eigenvalue weighted by Gasteiger charge is -2.16. The molecule has 0 fully saturated rings. The van der Waals surface area contributed by atoms with Crippen molar-refractivity contribution >= 4 is 0 Å². The third kappa shape index (κ3) is 3.46. The third-order valence-electron chi connectivity index (χ3n) is 2.17. The van der Waals surface area contributed by atoms with Crippen molar-refractivity contribution in [1.29, 1.82) is 0 Å². The lowest BCUT2D eigenvalue weighted by atomic mass is 10.1. The van der Waals surface area contributed by atoms with Gasteiger partial charge in [0.05, 0.1) is 12.7 Å². The molecule has 1 aromatic rings. The zero-order chi connectivity index (χ0) is 10.4. The molecule has 0 amide bonds. The number of rotatable bonds is 5. The normalized spacial score (nSPS) is 15.1. The first-order chi connectivity index (χ1) is 6.74. The summed E-state index contributed by atoms with van der Waals surface area (Å²) in [4.78, 5) is 0. The molecule has 2 atom stereocenters. The number of aliphatic hydroxyl groups is 2. The Kier molecular flexibility index (Phi) is 4.59. The van der Waals surface area contributed by atoms with Crippen molar-refractivity contribution in [3.63, 3.8) is 0 Å². The zero-order valence-corrected chi connectivity index (χ0v) is 8.35. The largest absolute Gasteiger partial charge is 0.394 e. The molecule has 3 heteroatoms. The van der Waals surface area contributed by atoms with Crippen LogP contribution in [0.1, 0.15) is 18.5 Å². The van der Waals surface area contributed by atoms with Crippen LogP contribution in [0.5, 0.6) is 0 Å². The molecule has 0 radical (unpaired) electrons. The maximum Gasteiger partial charge on any atom is 0.0895 e. The average Bonchev–Trinajstić information content (AvgIpc) is 2.26. The first-order valence-electron chi connectivity index (χ1n) is 4.81. The second-order valence-electron chi connectivity index (χ2n) is 3.38. The molecular formula is C11H17NO2. The predicted octanol–water partition coefficient (Wildman–Crippen LogP) is 0.690. The maximum atomic E-state index is 9.14. The minimum atomic E-state index is -0.679. The Morgan fingerprint density at radius 3 is 2.50 bits per heavy atom. The Labute approximate surface area is 84.4 Å². The first-order valence-corrected chi connectivity index (χ1v) is 4.81. The SMILES string of the molecule is C[C@@H](NCC(O)CO)c1ccccc1. The molecule has 0 bridgehead atoms. The summed E-state index contributed by atoms with van der Waals surface area (Å²) < 4.78 is 0. The van der Waals surface area contributed by atoms with Crippen LogP contribution in [0.15, 0.2) is 30.3 Å². The molecule has 0 saturated carbocycles. The highest BCUT2D eigenvalue weighted by Gasteiger charge is 2.06.